The van der Waals surface area contributed by atoms with Crippen LogP contribution in [0.5, 0.6) is 0 Å². The fourth-order valence-electron chi connectivity index (χ4n) is 3.92. The Balaban J connectivity index is 1.64. The normalized spacial score (nSPS) is 29.1. The zero-order valence-corrected chi connectivity index (χ0v) is 14.2. The second-order valence-corrected chi connectivity index (χ2v) is 7.16. The molecule has 1 aromatic rings. The minimum atomic E-state index is -0.633. The van der Waals surface area contributed by atoms with Crippen molar-refractivity contribution in [2.24, 2.45) is 0 Å². The topological polar surface area (TPSA) is 49.8 Å². The Bertz CT molecular complexity index is 534. The fraction of sp³-hybridized carbons (Fsp3) is 0.611. The second-order valence-electron chi connectivity index (χ2n) is 6.72. The first kappa shape index (κ1) is 16.7. The van der Waals surface area contributed by atoms with Gasteiger partial charge in [0.1, 0.15) is 12.0 Å². The van der Waals surface area contributed by atoms with Crippen LogP contribution in [0.25, 0.3) is 0 Å². The SMILES string of the molecule is CN1[C@@H]2CCC[C@H]1CC(OC(=O)[C@@H](CO)c1ccc(Cl)cc1)C2. The van der Waals surface area contributed by atoms with Gasteiger partial charge in [-0.1, -0.05) is 30.2 Å². The fourth-order valence-corrected chi connectivity index (χ4v) is 4.05. The van der Waals surface area contributed by atoms with Crippen molar-refractivity contribution in [2.75, 3.05) is 13.7 Å². The van der Waals surface area contributed by atoms with Crippen LogP contribution in [0.3, 0.4) is 0 Å². The summed E-state index contributed by atoms with van der Waals surface area (Å²) in [6.45, 7) is -0.250. The molecule has 2 saturated heterocycles. The molecular formula is C18H24ClNO3. The van der Waals surface area contributed by atoms with Crippen molar-refractivity contribution in [1.82, 2.24) is 4.90 Å². The molecule has 0 aromatic heterocycles. The largest absolute Gasteiger partial charge is 0.462 e. The molecule has 1 aromatic carbocycles. The second kappa shape index (κ2) is 7.20. The van der Waals surface area contributed by atoms with Crippen LogP contribution < -0.4 is 0 Å². The highest BCUT2D eigenvalue weighted by Crippen LogP contribution is 2.34. The lowest BCUT2D eigenvalue weighted by Crippen LogP contribution is -2.52. The Morgan fingerprint density at radius 3 is 2.48 bits per heavy atom. The summed E-state index contributed by atoms with van der Waals surface area (Å²) in [6, 6.07) is 8.04. The number of benzene rings is 1. The molecule has 0 saturated carbocycles. The molecule has 4 nitrogen and oxygen atoms in total. The molecule has 5 heteroatoms. The molecule has 2 aliphatic rings. The van der Waals surface area contributed by atoms with E-state index < -0.39 is 5.92 Å². The molecule has 2 aliphatic heterocycles. The van der Waals surface area contributed by atoms with Gasteiger partial charge in [-0.25, -0.2) is 0 Å². The maximum absolute atomic E-state index is 12.5. The quantitative estimate of drug-likeness (QED) is 0.858. The number of halogens is 1. The van der Waals surface area contributed by atoms with Crippen LogP contribution in [0.15, 0.2) is 24.3 Å². The zero-order valence-electron chi connectivity index (χ0n) is 13.5. The van der Waals surface area contributed by atoms with Crippen molar-refractivity contribution in [1.29, 1.82) is 0 Å². The van der Waals surface area contributed by atoms with Gasteiger partial charge in [0.05, 0.1) is 6.61 Å². The third kappa shape index (κ3) is 3.70. The van der Waals surface area contributed by atoms with Crippen LogP contribution in [0, 0.1) is 0 Å². The molecule has 3 rings (SSSR count). The van der Waals surface area contributed by atoms with E-state index in [0.717, 1.165) is 18.4 Å². The molecule has 2 bridgehead atoms. The number of hydrogen-bond donors (Lipinski definition) is 1. The molecule has 0 radical (unpaired) electrons. The molecule has 1 N–H and O–H groups in total. The average Bonchev–Trinajstić information content (AvgIpc) is 2.51. The summed E-state index contributed by atoms with van der Waals surface area (Å²) < 4.78 is 5.76. The zero-order chi connectivity index (χ0) is 16.4. The minimum Gasteiger partial charge on any atom is -0.462 e. The lowest BCUT2D eigenvalue weighted by Gasteiger charge is -2.46. The van der Waals surface area contributed by atoms with E-state index in [9.17, 15) is 9.90 Å². The molecular weight excluding hydrogens is 314 g/mol. The number of hydrogen-bond acceptors (Lipinski definition) is 4. The summed E-state index contributed by atoms with van der Waals surface area (Å²) in [5, 5.41) is 10.2. The van der Waals surface area contributed by atoms with E-state index in [-0.39, 0.29) is 18.7 Å². The van der Waals surface area contributed by atoms with Crippen molar-refractivity contribution in [2.45, 2.75) is 56.2 Å². The maximum Gasteiger partial charge on any atom is 0.316 e. The van der Waals surface area contributed by atoms with Gasteiger partial charge in [0.2, 0.25) is 0 Å². The van der Waals surface area contributed by atoms with Gasteiger partial charge in [-0.05, 0) is 50.4 Å². The van der Waals surface area contributed by atoms with Gasteiger partial charge in [0, 0.05) is 17.1 Å². The predicted octanol–water partition coefficient (Wildman–Crippen LogP) is 2.97. The van der Waals surface area contributed by atoms with Crippen molar-refractivity contribution in [3.63, 3.8) is 0 Å². The predicted molar refractivity (Wildman–Crippen MR) is 89.6 cm³/mol. The molecule has 0 amide bonds. The number of aliphatic hydroxyl groups is 1. The van der Waals surface area contributed by atoms with Crippen LogP contribution in [0.2, 0.25) is 5.02 Å². The van der Waals surface area contributed by atoms with Gasteiger partial charge in [-0.15, -0.1) is 0 Å². The number of ether oxygens (including phenoxy) is 1. The Kier molecular flexibility index (Phi) is 5.24. The van der Waals surface area contributed by atoms with Crippen LogP contribution in [-0.4, -0.2) is 47.8 Å². The van der Waals surface area contributed by atoms with E-state index in [2.05, 4.69) is 11.9 Å². The number of rotatable bonds is 4. The summed E-state index contributed by atoms with van der Waals surface area (Å²) in [5.74, 6) is -0.964. The van der Waals surface area contributed by atoms with Crippen molar-refractivity contribution in [3.8, 4) is 0 Å². The van der Waals surface area contributed by atoms with E-state index in [1.807, 2.05) is 0 Å². The number of fused-ring (bicyclic) bond motifs is 2. The first-order valence-corrected chi connectivity index (χ1v) is 8.75. The smallest absolute Gasteiger partial charge is 0.316 e. The number of nitrogens with zero attached hydrogens (tertiary/aromatic N) is 1. The summed E-state index contributed by atoms with van der Waals surface area (Å²) in [7, 11) is 2.18. The Morgan fingerprint density at radius 1 is 1.30 bits per heavy atom. The Morgan fingerprint density at radius 2 is 1.91 bits per heavy atom. The summed E-state index contributed by atoms with van der Waals surface area (Å²) in [4.78, 5) is 14.9. The molecule has 2 heterocycles. The number of carbonyl (C=O) groups is 1. The van der Waals surface area contributed by atoms with E-state index in [0.29, 0.717) is 17.1 Å². The van der Waals surface area contributed by atoms with E-state index in [4.69, 9.17) is 16.3 Å². The highest BCUT2D eigenvalue weighted by Gasteiger charge is 2.38. The van der Waals surface area contributed by atoms with Crippen molar-refractivity contribution in [3.05, 3.63) is 34.9 Å². The third-order valence-corrected chi connectivity index (χ3v) is 5.57. The maximum atomic E-state index is 12.5. The molecule has 0 aliphatic carbocycles. The van der Waals surface area contributed by atoms with Gasteiger partial charge < -0.3 is 14.7 Å². The molecule has 23 heavy (non-hydrogen) atoms. The van der Waals surface area contributed by atoms with Crippen LogP contribution in [-0.2, 0) is 9.53 Å². The monoisotopic (exact) mass is 337 g/mol. The Hall–Kier alpha value is -1.10. The average molecular weight is 338 g/mol. The molecule has 4 atom stereocenters. The first-order chi connectivity index (χ1) is 11.1. The number of carbonyl (C=O) groups excluding carboxylic acids is 1. The van der Waals surface area contributed by atoms with E-state index in [1.165, 1.54) is 19.3 Å². The number of aliphatic hydroxyl groups excluding tert-OH is 1. The van der Waals surface area contributed by atoms with Gasteiger partial charge in [-0.3, -0.25) is 4.79 Å². The highest BCUT2D eigenvalue weighted by molar-refractivity contribution is 6.30. The molecule has 0 spiro atoms. The highest BCUT2D eigenvalue weighted by atomic mass is 35.5. The lowest BCUT2D eigenvalue weighted by molar-refractivity contribution is -0.157. The van der Waals surface area contributed by atoms with Gasteiger partial charge in [0.25, 0.3) is 0 Å². The first-order valence-electron chi connectivity index (χ1n) is 8.37. The Labute approximate surface area is 142 Å². The molecule has 126 valence electrons. The standard InChI is InChI=1S/C18H24ClNO3/c1-20-14-3-2-4-15(20)10-16(9-14)23-18(22)17(11-21)12-5-7-13(19)8-6-12/h5-8,14-17,21H,2-4,9-11H2,1H3/t14-,15+,16?,17-/m0/s1. The van der Waals surface area contributed by atoms with E-state index in [1.54, 1.807) is 24.3 Å². The van der Waals surface area contributed by atoms with Crippen LogP contribution in [0.1, 0.15) is 43.6 Å². The summed E-state index contributed by atoms with van der Waals surface area (Å²) in [5.41, 5.74) is 0.745. The number of piperidine rings is 2. The van der Waals surface area contributed by atoms with Gasteiger partial charge >= 0.3 is 5.97 Å². The lowest BCUT2D eigenvalue weighted by atomic mass is 9.83. The summed E-state index contributed by atoms with van der Waals surface area (Å²) in [6.07, 6.45) is 5.40. The molecule has 2 fully saturated rings. The van der Waals surface area contributed by atoms with Gasteiger partial charge in [-0.2, -0.15) is 0 Å². The number of esters is 1. The van der Waals surface area contributed by atoms with Gasteiger partial charge in [0.15, 0.2) is 0 Å². The third-order valence-electron chi connectivity index (χ3n) is 5.32. The van der Waals surface area contributed by atoms with Crippen LogP contribution in [0.4, 0.5) is 0 Å². The van der Waals surface area contributed by atoms with E-state index >= 15 is 0 Å². The van der Waals surface area contributed by atoms with Crippen molar-refractivity contribution >= 4 is 17.6 Å². The van der Waals surface area contributed by atoms with Crippen LogP contribution >= 0.6 is 11.6 Å². The summed E-state index contributed by atoms with van der Waals surface area (Å²) >= 11 is 5.88. The van der Waals surface area contributed by atoms with Crippen molar-refractivity contribution < 1.29 is 14.6 Å². The minimum absolute atomic E-state index is 0.0321. The molecule has 1 unspecified atom stereocenters.